The Bertz CT molecular complexity index is 983. The van der Waals surface area contributed by atoms with Gasteiger partial charge in [-0.1, -0.05) is 39.0 Å². The summed E-state index contributed by atoms with van der Waals surface area (Å²) in [7, 11) is 0. The number of aromatic nitrogens is 2. The summed E-state index contributed by atoms with van der Waals surface area (Å²) in [5.74, 6) is 2.08. The molecule has 4 saturated carbocycles. The molecule has 0 unspecified atom stereocenters. The maximum atomic E-state index is 13.1. The number of amides is 1. The number of anilines is 1. The molecule has 1 aromatic carbocycles. The minimum Gasteiger partial charge on any atom is -0.455 e. The number of carbonyl (C=O) groups is 2. The topological polar surface area (TPSA) is 73.2 Å². The van der Waals surface area contributed by atoms with Gasteiger partial charge in [-0.25, -0.2) is 4.68 Å². The van der Waals surface area contributed by atoms with E-state index in [9.17, 15) is 9.59 Å². The van der Waals surface area contributed by atoms with Crippen molar-refractivity contribution in [3.63, 3.8) is 0 Å². The Kier molecular flexibility index (Phi) is 5.14. The van der Waals surface area contributed by atoms with Crippen LogP contribution in [0.3, 0.4) is 0 Å². The van der Waals surface area contributed by atoms with E-state index in [1.807, 2.05) is 36.4 Å². The van der Waals surface area contributed by atoms with Gasteiger partial charge in [0.15, 0.2) is 6.61 Å². The molecule has 4 aliphatic rings. The van der Waals surface area contributed by atoms with Gasteiger partial charge in [0.05, 0.1) is 16.8 Å². The first kappa shape index (κ1) is 21.2. The molecule has 6 rings (SSSR count). The Morgan fingerprint density at radius 3 is 2.22 bits per heavy atom. The molecule has 6 heteroatoms. The number of ether oxygens (including phenoxy) is 1. The van der Waals surface area contributed by atoms with Crippen molar-refractivity contribution in [2.75, 3.05) is 11.9 Å². The van der Waals surface area contributed by atoms with E-state index in [2.05, 4.69) is 26.1 Å². The highest BCUT2D eigenvalue weighted by atomic mass is 16.5. The number of carbonyl (C=O) groups excluding carboxylic acids is 2. The van der Waals surface area contributed by atoms with Gasteiger partial charge in [0.2, 0.25) is 0 Å². The maximum absolute atomic E-state index is 13.1. The molecule has 32 heavy (non-hydrogen) atoms. The largest absolute Gasteiger partial charge is 0.455 e. The van der Waals surface area contributed by atoms with E-state index < -0.39 is 0 Å². The number of rotatable bonds is 5. The second kappa shape index (κ2) is 7.75. The lowest BCUT2D eigenvalue weighted by atomic mass is 9.49. The normalized spacial score (nSPS) is 28.5. The van der Waals surface area contributed by atoms with Gasteiger partial charge in [0.1, 0.15) is 5.82 Å². The van der Waals surface area contributed by atoms with E-state index >= 15 is 0 Å². The molecular formula is C26H33N3O3. The van der Waals surface area contributed by atoms with Crippen LogP contribution in [-0.4, -0.2) is 28.3 Å². The van der Waals surface area contributed by atoms with E-state index in [1.54, 1.807) is 4.68 Å². The zero-order valence-corrected chi connectivity index (χ0v) is 19.3. The first-order valence-electron chi connectivity index (χ1n) is 11.8. The van der Waals surface area contributed by atoms with Crippen LogP contribution in [0, 0.1) is 23.2 Å². The second-order valence-corrected chi connectivity index (χ2v) is 11.2. The molecule has 1 amide bonds. The summed E-state index contributed by atoms with van der Waals surface area (Å²) in [4.78, 5) is 25.8. The van der Waals surface area contributed by atoms with E-state index in [0.717, 1.165) is 30.6 Å². The average molecular weight is 436 g/mol. The number of esters is 1. The Hall–Kier alpha value is -2.63. The zero-order chi connectivity index (χ0) is 22.5. The van der Waals surface area contributed by atoms with E-state index in [-0.39, 0.29) is 29.3 Å². The van der Waals surface area contributed by atoms with Crippen molar-refractivity contribution in [2.45, 2.75) is 64.7 Å². The summed E-state index contributed by atoms with van der Waals surface area (Å²) < 4.78 is 7.34. The molecule has 170 valence electrons. The lowest BCUT2D eigenvalue weighted by Crippen LogP contribution is -2.50. The molecular weight excluding hydrogens is 402 g/mol. The summed E-state index contributed by atoms with van der Waals surface area (Å²) in [5, 5.41) is 7.64. The first-order chi connectivity index (χ1) is 15.2. The molecule has 1 aromatic heterocycles. The summed E-state index contributed by atoms with van der Waals surface area (Å²) in [5.41, 5.74) is 1.23. The van der Waals surface area contributed by atoms with Gasteiger partial charge in [-0.05, 0) is 68.4 Å². The predicted molar refractivity (Wildman–Crippen MR) is 122 cm³/mol. The molecule has 0 radical (unpaired) electrons. The maximum Gasteiger partial charge on any atom is 0.312 e. The Balaban J connectivity index is 1.27. The highest BCUT2D eigenvalue weighted by molar-refractivity contribution is 5.93. The van der Waals surface area contributed by atoms with Crippen LogP contribution in [-0.2, 0) is 19.7 Å². The monoisotopic (exact) mass is 435 g/mol. The molecule has 4 aliphatic carbocycles. The lowest BCUT2D eigenvalue weighted by Gasteiger charge is -2.55. The summed E-state index contributed by atoms with van der Waals surface area (Å²) in [6.07, 6.45) is 6.63. The predicted octanol–water partition coefficient (Wildman–Crippen LogP) is 4.87. The highest BCUT2D eigenvalue weighted by Crippen LogP contribution is 2.60. The minimum absolute atomic E-state index is 0.162. The second-order valence-electron chi connectivity index (χ2n) is 11.2. The number of para-hydroxylation sites is 1. The quantitative estimate of drug-likeness (QED) is 0.680. The number of benzene rings is 1. The van der Waals surface area contributed by atoms with Gasteiger partial charge in [-0.15, -0.1) is 0 Å². The average Bonchev–Trinajstić information content (AvgIpc) is 3.16. The fourth-order valence-electron chi connectivity index (χ4n) is 6.43. The summed E-state index contributed by atoms with van der Waals surface area (Å²) >= 11 is 0. The molecule has 0 aliphatic heterocycles. The van der Waals surface area contributed by atoms with Crippen molar-refractivity contribution in [3.8, 4) is 5.69 Å². The Morgan fingerprint density at radius 2 is 1.66 bits per heavy atom. The summed E-state index contributed by atoms with van der Waals surface area (Å²) in [6.45, 7) is 6.00. The summed E-state index contributed by atoms with van der Waals surface area (Å²) in [6, 6.07) is 11.6. The number of nitrogens with one attached hydrogen (secondary N) is 1. The van der Waals surface area contributed by atoms with Crippen molar-refractivity contribution in [1.82, 2.24) is 9.78 Å². The van der Waals surface area contributed by atoms with Gasteiger partial charge in [-0.2, -0.15) is 5.10 Å². The lowest BCUT2D eigenvalue weighted by molar-refractivity contribution is -0.172. The van der Waals surface area contributed by atoms with Crippen molar-refractivity contribution < 1.29 is 14.3 Å². The van der Waals surface area contributed by atoms with Crippen molar-refractivity contribution >= 4 is 17.7 Å². The van der Waals surface area contributed by atoms with E-state index in [4.69, 9.17) is 9.84 Å². The molecule has 2 aromatic rings. The number of hydrogen-bond acceptors (Lipinski definition) is 4. The van der Waals surface area contributed by atoms with Crippen LogP contribution in [0.4, 0.5) is 5.82 Å². The van der Waals surface area contributed by atoms with Crippen LogP contribution in [0.1, 0.15) is 65.0 Å². The van der Waals surface area contributed by atoms with Crippen LogP contribution in [0.15, 0.2) is 36.4 Å². The highest BCUT2D eigenvalue weighted by Gasteiger charge is 2.55. The van der Waals surface area contributed by atoms with Crippen molar-refractivity contribution in [1.29, 1.82) is 0 Å². The SMILES string of the molecule is CC(C)(C)c1cc(NC(=O)COC(=O)C23CC4CC(CC(C4)C2)C3)n(-c2ccccc2)n1. The molecule has 6 nitrogen and oxygen atoms in total. The molecule has 1 heterocycles. The van der Waals surface area contributed by atoms with Crippen LogP contribution >= 0.6 is 0 Å². The van der Waals surface area contributed by atoms with E-state index in [0.29, 0.717) is 23.6 Å². The fraction of sp³-hybridized carbons (Fsp3) is 0.577. The third-order valence-corrected chi connectivity index (χ3v) is 7.55. The standard InChI is InChI=1S/C26H33N3O3/c1-25(2,3)21-12-22(29(28-21)20-7-5-4-6-8-20)27-23(30)16-32-24(31)26-13-17-9-18(14-26)11-19(10-17)15-26/h4-8,12,17-19H,9-11,13-16H2,1-3H3,(H,27,30). The van der Waals surface area contributed by atoms with Gasteiger partial charge >= 0.3 is 5.97 Å². The Labute approximate surface area is 189 Å². The molecule has 1 N–H and O–H groups in total. The van der Waals surface area contributed by atoms with Crippen LogP contribution in [0.5, 0.6) is 0 Å². The van der Waals surface area contributed by atoms with Crippen molar-refractivity contribution in [3.05, 3.63) is 42.1 Å². The van der Waals surface area contributed by atoms with Crippen LogP contribution in [0.2, 0.25) is 0 Å². The smallest absolute Gasteiger partial charge is 0.312 e. The van der Waals surface area contributed by atoms with Gasteiger partial charge in [-0.3, -0.25) is 9.59 Å². The molecule has 0 saturated heterocycles. The molecule has 0 spiro atoms. The van der Waals surface area contributed by atoms with Gasteiger partial charge < -0.3 is 10.1 Å². The molecule has 4 fully saturated rings. The Morgan fingerprint density at radius 1 is 1.06 bits per heavy atom. The van der Waals surface area contributed by atoms with Crippen molar-refractivity contribution in [2.24, 2.45) is 23.2 Å². The van der Waals surface area contributed by atoms with E-state index in [1.165, 1.54) is 19.3 Å². The zero-order valence-electron chi connectivity index (χ0n) is 19.3. The molecule has 4 bridgehead atoms. The first-order valence-corrected chi connectivity index (χ1v) is 11.8. The van der Waals surface area contributed by atoms with Crippen LogP contribution in [0.25, 0.3) is 5.69 Å². The minimum atomic E-state index is -0.347. The number of nitrogens with zero attached hydrogens (tertiary/aromatic N) is 2. The van der Waals surface area contributed by atoms with Gasteiger partial charge in [0, 0.05) is 11.5 Å². The molecule has 0 atom stereocenters. The third-order valence-electron chi connectivity index (χ3n) is 7.55. The van der Waals surface area contributed by atoms with Crippen LogP contribution < -0.4 is 5.32 Å². The number of hydrogen-bond donors (Lipinski definition) is 1. The fourth-order valence-corrected chi connectivity index (χ4v) is 6.43. The van der Waals surface area contributed by atoms with Gasteiger partial charge in [0.25, 0.3) is 5.91 Å². The third kappa shape index (κ3) is 3.96.